The van der Waals surface area contributed by atoms with Crippen LogP contribution in [-0.2, 0) is 0 Å². The van der Waals surface area contributed by atoms with Gasteiger partial charge in [-0.1, -0.05) is 29.3 Å². The zero-order valence-corrected chi connectivity index (χ0v) is 17.9. The topological polar surface area (TPSA) is 44.8 Å². The number of amides is 2. The third-order valence-electron chi connectivity index (χ3n) is 5.54. The van der Waals surface area contributed by atoms with E-state index in [-0.39, 0.29) is 23.7 Å². The maximum absolute atomic E-state index is 12.7. The number of halogens is 2. The van der Waals surface area contributed by atoms with Crippen LogP contribution in [0.15, 0.2) is 12.1 Å². The number of carbonyl (C=O) groups is 1. The lowest BCUT2D eigenvalue weighted by molar-refractivity contribution is 0.0555. The van der Waals surface area contributed by atoms with Crippen LogP contribution in [0.4, 0.5) is 4.79 Å². The van der Waals surface area contributed by atoms with Crippen molar-refractivity contribution in [1.82, 2.24) is 15.1 Å². The number of piperidine rings is 1. The lowest BCUT2D eigenvalue weighted by Crippen LogP contribution is -2.55. The molecular formula is C19H29Cl2N3O2. The Hall–Kier alpha value is -1.17. The van der Waals surface area contributed by atoms with E-state index in [9.17, 15) is 4.79 Å². The fourth-order valence-corrected chi connectivity index (χ4v) is 3.95. The molecule has 7 heteroatoms. The van der Waals surface area contributed by atoms with Gasteiger partial charge in [0, 0.05) is 25.2 Å². The number of nitrogens with zero attached hydrogens (tertiary/aromatic N) is 2. The van der Waals surface area contributed by atoms with Crippen LogP contribution < -0.4 is 10.1 Å². The van der Waals surface area contributed by atoms with E-state index in [4.69, 9.17) is 27.9 Å². The Morgan fingerprint density at radius 1 is 1.38 bits per heavy atom. The molecule has 0 saturated carbocycles. The van der Waals surface area contributed by atoms with Gasteiger partial charge in [0.05, 0.1) is 18.2 Å². The fourth-order valence-electron chi connectivity index (χ4n) is 3.38. The number of ether oxygens (including phenoxy) is 1. The van der Waals surface area contributed by atoms with Gasteiger partial charge in [-0.15, -0.1) is 0 Å². The summed E-state index contributed by atoms with van der Waals surface area (Å²) < 4.78 is 5.17. The minimum atomic E-state index is -0.264. The van der Waals surface area contributed by atoms with E-state index in [2.05, 4.69) is 31.1 Å². The number of hydrogen-bond donors (Lipinski definition) is 1. The van der Waals surface area contributed by atoms with Crippen LogP contribution in [0.25, 0.3) is 0 Å². The summed E-state index contributed by atoms with van der Waals surface area (Å²) >= 11 is 12.6. The molecule has 1 saturated heterocycles. The molecule has 1 heterocycles. The SMILES string of the molecule is COc1ccc(C(C)NC(=O)N(C)C2CCN(C)C(C)(C)C2)c(Cl)c1Cl. The van der Waals surface area contributed by atoms with E-state index < -0.39 is 0 Å². The van der Waals surface area contributed by atoms with Gasteiger partial charge in [0.15, 0.2) is 0 Å². The molecule has 2 rings (SSSR count). The van der Waals surface area contributed by atoms with E-state index >= 15 is 0 Å². The first kappa shape index (κ1) is 21.1. The van der Waals surface area contributed by atoms with E-state index in [1.807, 2.05) is 24.9 Å². The predicted octanol–water partition coefficient (Wildman–Crippen LogP) is 4.58. The largest absolute Gasteiger partial charge is 0.495 e. The summed E-state index contributed by atoms with van der Waals surface area (Å²) in [7, 11) is 5.53. The molecule has 5 nitrogen and oxygen atoms in total. The molecule has 0 bridgehead atoms. The van der Waals surface area contributed by atoms with Crippen LogP contribution in [0.2, 0.25) is 10.0 Å². The minimum Gasteiger partial charge on any atom is -0.495 e. The second kappa shape index (κ2) is 8.24. The summed E-state index contributed by atoms with van der Waals surface area (Å²) in [5, 5.41) is 3.79. The molecule has 1 aromatic carbocycles. The molecule has 2 amide bonds. The number of urea groups is 1. The maximum Gasteiger partial charge on any atom is 0.317 e. The van der Waals surface area contributed by atoms with Crippen molar-refractivity contribution < 1.29 is 9.53 Å². The molecule has 0 spiro atoms. The van der Waals surface area contributed by atoms with Crippen molar-refractivity contribution >= 4 is 29.2 Å². The van der Waals surface area contributed by atoms with Crippen molar-refractivity contribution in [2.45, 2.75) is 51.2 Å². The highest BCUT2D eigenvalue weighted by molar-refractivity contribution is 6.43. The molecule has 1 aliphatic heterocycles. The first-order valence-electron chi connectivity index (χ1n) is 8.85. The molecule has 0 aromatic heterocycles. The fraction of sp³-hybridized carbons (Fsp3) is 0.632. The highest BCUT2D eigenvalue weighted by atomic mass is 35.5. The Morgan fingerprint density at radius 3 is 2.62 bits per heavy atom. The lowest BCUT2D eigenvalue weighted by atomic mass is 9.87. The second-order valence-corrected chi connectivity index (χ2v) is 8.40. The minimum absolute atomic E-state index is 0.0793. The van der Waals surface area contributed by atoms with Gasteiger partial charge in [-0.2, -0.15) is 0 Å². The summed E-state index contributed by atoms with van der Waals surface area (Å²) in [6.45, 7) is 7.30. The molecule has 1 N–H and O–H groups in total. The second-order valence-electron chi connectivity index (χ2n) is 7.65. The quantitative estimate of drug-likeness (QED) is 0.802. The Balaban J connectivity index is 2.06. The molecule has 26 heavy (non-hydrogen) atoms. The number of likely N-dealkylation sites (tertiary alicyclic amines) is 1. The Bertz CT molecular complexity index is 666. The summed E-state index contributed by atoms with van der Waals surface area (Å²) in [5.74, 6) is 0.518. The van der Waals surface area contributed by atoms with E-state index in [1.165, 1.54) is 0 Å². The van der Waals surface area contributed by atoms with Crippen LogP contribution in [0.5, 0.6) is 5.75 Å². The van der Waals surface area contributed by atoms with Crippen molar-refractivity contribution in [3.63, 3.8) is 0 Å². The van der Waals surface area contributed by atoms with Crippen molar-refractivity contribution in [3.05, 3.63) is 27.7 Å². The van der Waals surface area contributed by atoms with Gasteiger partial charge in [-0.05, 0) is 52.3 Å². The highest BCUT2D eigenvalue weighted by Gasteiger charge is 2.35. The van der Waals surface area contributed by atoms with E-state index in [0.29, 0.717) is 15.8 Å². The number of rotatable bonds is 4. The molecule has 146 valence electrons. The summed E-state index contributed by atoms with van der Waals surface area (Å²) in [6.07, 6.45) is 1.91. The number of hydrogen-bond acceptors (Lipinski definition) is 3. The van der Waals surface area contributed by atoms with Gasteiger partial charge in [0.2, 0.25) is 0 Å². The first-order chi connectivity index (χ1) is 12.1. The highest BCUT2D eigenvalue weighted by Crippen LogP contribution is 2.37. The van der Waals surface area contributed by atoms with Gasteiger partial charge in [0.25, 0.3) is 0 Å². The van der Waals surface area contributed by atoms with Crippen LogP contribution in [0.3, 0.4) is 0 Å². The number of methoxy groups -OCH3 is 1. The average Bonchev–Trinajstić information content (AvgIpc) is 2.58. The monoisotopic (exact) mass is 401 g/mol. The van der Waals surface area contributed by atoms with Gasteiger partial charge in [-0.3, -0.25) is 0 Å². The van der Waals surface area contributed by atoms with Crippen LogP contribution >= 0.6 is 23.2 Å². The van der Waals surface area contributed by atoms with Crippen LogP contribution in [0, 0.1) is 0 Å². The van der Waals surface area contributed by atoms with Gasteiger partial charge in [0.1, 0.15) is 10.8 Å². The van der Waals surface area contributed by atoms with Crippen molar-refractivity contribution in [3.8, 4) is 5.75 Å². The third-order valence-corrected chi connectivity index (χ3v) is 6.42. The molecule has 1 aromatic rings. The lowest BCUT2D eigenvalue weighted by Gasteiger charge is -2.46. The van der Waals surface area contributed by atoms with Gasteiger partial charge >= 0.3 is 6.03 Å². The Labute approximate surface area is 166 Å². The zero-order valence-electron chi connectivity index (χ0n) is 16.4. The zero-order chi connectivity index (χ0) is 19.6. The maximum atomic E-state index is 12.7. The summed E-state index contributed by atoms with van der Waals surface area (Å²) in [4.78, 5) is 16.9. The molecule has 0 radical (unpaired) electrons. The first-order valence-corrected chi connectivity index (χ1v) is 9.60. The normalized spacial score (nSPS) is 21.2. The molecule has 2 unspecified atom stereocenters. The Kier molecular flexibility index (Phi) is 6.70. The molecule has 1 aliphatic rings. The average molecular weight is 402 g/mol. The summed E-state index contributed by atoms with van der Waals surface area (Å²) in [6, 6.07) is 3.43. The molecule has 2 atom stereocenters. The van der Waals surface area contributed by atoms with Crippen LogP contribution in [0.1, 0.15) is 45.2 Å². The van der Waals surface area contributed by atoms with E-state index in [1.54, 1.807) is 13.2 Å². The van der Waals surface area contributed by atoms with Gasteiger partial charge < -0.3 is 19.9 Å². The number of benzene rings is 1. The number of carbonyl (C=O) groups excluding carboxylic acids is 1. The number of nitrogens with one attached hydrogen (secondary N) is 1. The van der Waals surface area contributed by atoms with Gasteiger partial charge in [-0.25, -0.2) is 4.79 Å². The predicted molar refractivity (Wildman–Crippen MR) is 107 cm³/mol. The standard InChI is InChI=1S/C19H29Cl2N3O2/c1-12(14-7-8-15(26-6)17(21)16(14)20)22-18(25)24(5)13-9-10-23(4)19(2,3)11-13/h7-8,12-13H,9-11H2,1-6H3,(H,22,25). The molecule has 1 fully saturated rings. The van der Waals surface area contributed by atoms with Crippen molar-refractivity contribution in [2.75, 3.05) is 27.7 Å². The van der Waals surface area contributed by atoms with Crippen molar-refractivity contribution in [1.29, 1.82) is 0 Å². The third kappa shape index (κ3) is 4.38. The van der Waals surface area contributed by atoms with Crippen molar-refractivity contribution in [2.24, 2.45) is 0 Å². The molecular weight excluding hydrogens is 373 g/mol. The van der Waals surface area contributed by atoms with Crippen LogP contribution in [-0.4, -0.2) is 55.2 Å². The smallest absolute Gasteiger partial charge is 0.317 e. The van der Waals surface area contributed by atoms with E-state index in [0.717, 1.165) is 24.9 Å². The molecule has 0 aliphatic carbocycles. The Morgan fingerprint density at radius 2 is 2.04 bits per heavy atom. The summed E-state index contributed by atoms with van der Waals surface area (Å²) in [5.41, 5.74) is 0.846.